The highest BCUT2D eigenvalue weighted by Crippen LogP contribution is 2.31. The molecule has 2 atom stereocenters. The Kier molecular flexibility index (Phi) is 5.93. The fourth-order valence-electron chi connectivity index (χ4n) is 4.61. The molecule has 0 unspecified atom stereocenters. The van der Waals surface area contributed by atoms with Gasteiger partial charge >= 0.3 is 0 Å². The highest BCUT2D eigenvalue weighted by atomic mass is 16.5. The van der Waals surface area contributed by atoms with Crippen LogP contribution < -0.4 is 4.74 Å². The van der Waals surface area contributed by atoms with E-state index in [4.69, 9.17) is 9.47 Å². The van der Waals surface area contributed by atoms with Gasteiger partial charge in [0.15, 0.2) is 5.78 Å². The van der Waals surface area contributed by atoms with Gasteiger partial charge in [0.25, 0.3) is 0 Å². The van der Waals surface area contributed by atoms with Crippen molar-refractivity contribution < 1.29 is 14.3 Å². The molecule has 3 aromatic rings. The van der Waals surface area contributed by atoms with Crippen LogP contribution in [0, 0.1) is 6.92 Å². The Labute approximate surface area is 178 Å². The lowest BCUT2D eigenvalue weighted by molar-refractivity contribution is -0.0652. The maximum Gasteiger partial charge on any atom is 0.179 e. The van der Waals surface area contributed by atoms with Gasteiger partial charge in [0, 0.05) is 41.8 Å². The van der Waals surface area contributed by atoms with E-state index >= 15 is 0 Å². The largest absolute Gasteiger partial charge is 0.497 e. The highest BCUT2D eigenvalue weighted by Gasteiger charge is 2.27. The van der Waals surface area contributed by atoms with Crippen LogP contribution in [0.25, 0.3) is 10.9 Å². The maximum absolute atomic E-state index is 13.5. The minimum Gasteiger partial charge on any atom is -0.497 e. The van der Waals surface area contributed by atoms with E-state index in [1.807, 2.05) is 37.3 Å². The number of hydrogen-bond acceptors (Lipinski definition) is 4. The Morgan fingerprint density at radius 3 is 2.47 bits per heavy atom. The molecule has 2 aromatic carbocycles. The summed E-state index contributed by atoms with van der Waals surface area (Å²) < 4.78 is 13.5. The summed E-state index contributed by atoms with van der Waals surface area (Å²) in [6.07, 6.45) is 0.282. The van der Waals surface area contributed by atoms with E-state index in [0.29, 0.717) is 6.54 Å². The van der Waals surface area contributed by atoms with Crippen LogP contribution in [0.3, 0.4) is 0 Å². The first-order valence-corrected chi connectivity index (χ1v) is 10.6. The predicted octanol–water partition coefficient (Wildman–Crippen LogP) is 4.30. The van der Waals surface area contributed by atoms with Gasteiger partial charge in [-0.25, -0.2) is 0 Å². The van der Waals surface area contributed by atoms with Gasteiger partial charge in [-0.1, -0.05) is 30.3 Å². The van der Waals surface area contributed by atoms with Gasteiger partial charge in [0.2, 0.25) is 0 Å². The molecule has 30 heavy (non-hydrogen) atoms. The molecule has 0 aliphatic carbocycles. The topological polar surface area (TPSA) is 43.7 Å². The van der Waals surface area contributed by atoms with Crippen LogP contribution in [-0.4, -0.2) is 54.2 Å². The van der Waals surface area contributed by atoms with E-state index in [2.05, 4.69) is 41.5 Å². The number of nitrogens with zero attached hydrogens (tertiary/aromatic N) is 2. The second-order valence-electron chi connectivity index (χ2n) is 8.29. The molecular weight excluding hydrogens is 376 g/mol. The Morgan fingerprint density at radius 2 is 1.80 bits per heavy atom. The monoisotopic (exact) mass is 406 g/mol. The molecule has 158 valence electrons. The number of fused-ring (bicyclic) bond motifs is 1. The second kappa shape index (κ2) is 8.62. The fourth-order valence-corrected chi connectivity index (χ4v) is 4.61. The zero-order valence-corrected chi connectivity index (χ0v) is 18.2. The molecular formula is C25H30N2O3. The first-order chi connectivity index (χ1) is 14.5. The summed E-state index contributed by atoms with van der Waals surface area (Å²) in [5, 5.41) is 0.960. The number of ether oxygens (including phenoxy) is 2. The third-order valence-electron chi connectivity index (χ3n) is 5.86. The lowest BCUT2D eigenvalue weighted by atomic mass is 10.1. The highest BCUT2D eigenvalue weighted by molar-refractivity contribution is 6.10. The molecule has 1 saturated heterocycles. The number of hydrogen-bond donors (Lipinski definition) is 0. The first-order valence-electron chi connectivity index (χ1n) is 10.6. The lowest BCUT2D eigenvalue weighted by Crippen LogP contribution is -2.47. The van der Waals surface area contributed by atoms with E-state index in [1.54, 1.807) is 7.11 Å². The number of ketones is 1. The molecule has 2 heterocycles. The molecule has 0 spiro atoms. The third kappa shape index (κ3) is 4.13. The van der Waals surface area contributed by atoms with E-state index in [1.165, 1.54) is 5.56 Å². The molecule has 1 aliphatic rings. The molecule has 0 amide bonds. The van der Waals surface area contributed by atoms with Crippen molar-refractivity contribution in [2.75, 3.05) is 26.7 Å². The average molecular weight is 407 g/mol. The number of methoxy groups -OCH3 is 1. The van der Waals surface area contributed by atoms with Crippen LogP contribution >= 0.6 is 0 Å². The fraction of sp³-hybridized carbons (Fsp3) is 0.400. The summed E-state index contributed by atoms with van der Waals surface area (Å²) in [5.41, 5.74) is 4.07. The van der Waals surface area contributed by atoms with E-state index < -0.39 is 0 Å². The van der Waals surface area contributed by atoms with Crippen molar-refractivity contribution in [3.63, 3.8) is 0 Å². The molecule has 0 radical (unpaired) electrons. The maximum atomic E-state index is 13.5. The standard InChI is InChI=1S/C25H30N2O3/c1-17-13-26(14-18(2)30-17)16-24(28)25-19(3)27(15-20-8-6-5-7-9-20)23-11-10-21(29-4)12-22(23)25/h5-12,17-18H,13-16H2,1-4H3/t17-,18+. The first kappa shape index (κ1) is 20.6. The Bertz CT molecular complexity index is 1030. The Balaban J connectivity index is 1.72. The van der Waals surface area contributed by atoms with Crippen molar-refractivity contribution in [2.24, 2.45) is 0 Å². The summed E-state index contributed by atoms with van der Waals surface area (Å²) in [5.74, 6) is 0.917. The average Bonchev–Trinajstić information content (AvgIpc) is 2.98. The molecule has 1 aliphatic heterocycles. The van der Waals surface area contributed by atoms with Crippen molar-refractivity contribution in [2.45, 2.75) is 39.5 Å². The minimum atomic E-state index is 0.141. The quantitative estimate of drug-likeness (QED) is 0.573. The van der Waals surface area contributed by atoms with Crippen LogP contribution in [0.2, 0.25) is 0 Å². The number of Topliss-reactive ketones (excluding diaryl/α,β-unsaturated/α-hetero) is 1. The number of morpholine rings is 1. The Hall–Kier alpha value is -2.63. The van der Waals surface area contributed by atoms with E-state index in [-0.39, 0.29) is 18.0 Å². The lowest BCUT2D eigenvalue weighted by Gasteiger charge is -2.34. The molecule has 1 fully saturated rings. The van der Waals surface area contributed by atoms with Crippen LogP contribution in [0.4, 0.5) is 0 Å². The number of rotatable bonds is 6. The number of carbonyl (C=O) groups excluding carboxylic acids is 1. The molecule has 0 saturated carbocycles. The normalized spacial score (nSPS) is 19.9. The van der Waals surface area contributed by atoms with E-state index in [0.717, 1.165) is 47.5 Å². The SMILES string of the molecule is COc1ccc2c(c1)c(C(=O)CN1C[C@@H](C)O[C@@H](C)C1)c(C)n2Cc1ccccc1. The smallest absolute Gasteiger partial charge is 0.179 e. The van der Waals surface area contributed by atoms with Gasteiger partial charge in [0.1, 0.15) is 5.75 Å². The van der Waals surface area contributed by atoms with Gasteiger partial charge in [0.05, 0.1) is 25.9 Å². The predicted molar refractivity (Wildman–Crippen MR) is 120 cm³/mol. The molecule has 0 N–H and O–H groups in total. The van der Waals surface area contributed by atoms with Gasteiger partial charge < -0.3 is 14.0 Å². The third-order valence-corrected chi connectivity index (χ3v) is 5.86. The van der Waals surface area contributed by atoms with Crippen molar-refractivity contribution in [1.29, 1.82) is 0 Å². The molecule has 4 rings (SSSR count). The van der Waals surface area contributed by atoms with Crippen LogP contribution in [0.5, 0.6) is 5.75 Å². The Morgan fingerprint density at radius 1 is 1.10 bits per heavy atom. The van der Waals surface area contributed by atoms with Crippen LogP contribution in [0.1, 0.15) is 35.5 Å². The molecule has 0 bridgehead atoms. The van der Waals surface area contributed by atoms with Crippen molar-refractivity contribution >= 4 is 16.7 Å². The summed E-state index contributed by atoms with van der Waals surface area (Å²) >= 11 is 0. The molecule has 5 heteroatoms. The van der Waals surface area contributed by atoms with Crippen molar-refractivity contribution in [1.82, 2.24) is 9.47 Å². The summed E-state index contributed by atoms with van der Waals surface area (Å²) in [6.45, 7) is 8.87. The van der Waals surface area contributed by atoms with Gasteiger partial charge in [-0.3, -0.25) is 9.69 Å². The minimum absolute atomic E-state index is 0.141. The number of benzene rings is 2. The van der Waals surface area contributed by atoms with Crippen molar-refractivity contribution in [3.8, 4) is 5.75 Å². The number of carbonyl (C=O) groups is 1. The molecule has 1 aromatic heterocycles. The zero-order chi connectivity index (χ0) is 21.3. The summed E-state index contributed by atoms with van der Waals surface area (Å²) in [4.78, 5) is 15.7. The summed E-state index contributed by atoms with van der Waals surface area (Å²) in [7, 11) is 1.66. The second-order valence-corrected chi connectivity index (χ2v) is 8.29. The van der Waals surface area contributed by atoms with Crippen LogP contribution in [-0.2, 0) is 11.3 Å². The van der Waals surface area contributed by atoms with Gasteiger partial charge in [-0.2, -0.15) is 0 Å². The molecule has 5 nitrogen and oxygen atoms in total. The van der Waals surface area contributed by atoms with Crippen molar-refractivity contribution in [3.05, 3.63) is 65.4 Å². The zero-order valence-electron chi connectivity index (χ0n) is 18.2. The van der Waals surface area contributed by atoms with E-state index in [9.17, 15) is 4.79 Å². The number of aromatic nitrogens is 1. The van der Waals surface area contributed by atoms with Gasteiger partial charge in [-0.15, -0.1) is 0 Å². The summed E-state index contributed by atoms with van der Waals surface area (Å²) in [6, 6.07) is 16.4. The van der Waals surface area contributed by atoms with Crippen LogP contribution in [0.15, 0.2) is 48.5 Å². The van der Waals surface area contributed by atoms with Gasteiger partial charge in [-0.05, 0) is 44.5 Å².